The fourth-order valence-corrected chi connectivity index (χ4v) is 5.01. The fourth-order valence-electron chi connectivity index (χ4n) is 5.01. The van der Waals surface area contributed by atoms with E-state index in [0.29, 0.717) is 57.5 Å². The number of benzene rings is 4. The lowest BCUT2D eigenvalue weighted by molar-refractivity contribution is -0.116. The molecule has 0 saturated carbocycles. The van der Waals surface area contributed by atoms with Crippen LogP contribution in [0.2, 0.25) is 0 Å². The highest BCUT2D eigenvalue weighted by Crippen LogP contribution is 2.34. The molecule has 0 unspecified atom stereocenters. The second kappa shape index (κ2) is 16.6. The van der Waals surface area contributed by atoms with Crippen molar-refractivity contribution < 1.29 is 28.7 Å². The van der Waals surface area contributed by atoms with E-state index in [1.807, 2.05) is 26.0 Å². The molecule has 0 aliphatic rings. The van der Waals surface area contributed by atoms with Crippen molar-refractivity contribution in [3.05, 3.63) is 131 Å². The Morgan fingerprint density at radius 3 is 1.84 bits per heavy atom. The van der Waals surface area contributed by atoms with Crippen LogP contribution in [0.1, 0.15) is 60.6 Å². The summed E-state index contributed by atoms with van der Waals surface area (Å²) < 4.78 is 11.7. The summed E-state index contributed by atoms with van der Waals surface area (Å²) in [7, 11) is 0. The van der Waals surface area contributed by atoms with Gasteiger partial charge in [0.15, 0.2) is 5.78 Å². The Labute approximate surface area is 286 Å². The van der Waals surface area contributed by atoms with Gasteiger partial charge in [-0.05, 0) is 93.1 Å². The number of Topliss-reactive ketones (excluding diaryl/α,β-unsaturated/α-hetero) is 1. The summed E-state index contributed by atoms with van der Waals surface area (Å²) in [6, 6.07) is 19.8. The first-order valence-corrected chi connectivity index (χ1v) is 15.6. The van der Waals surface area contributed by atoms with E-state index >= 15 is 0 Å². The normalized spacial score (nSPS) is 10.4. The van der Waals surface area contributed by atoms with Crippen LogP contribution in [0.4, 0.5) is 22.7 Å². The van der Waals surface area contributed by atoms with E-state index in [-0.39, 0.29) is 36.7 Å². The van der Waals surface area contributed by atoms with Gasteiger partial charge in [-0.2, -0.15) is 0 Å². The molecule has 10 nitrogen and oxygen atoms in total. The van der Waals surface area contributed by atoms with Crippen molar-refractivity contribution in [2.24, 2.45) is 0 Å². The van der Waals surface area contributed by atoms with E-state index in [1.54, 1.807) is 79.7 Å². The third kappa shape index (κ3) is 9.23. The van der Waals surface area contributed by atoms with E-state index in [2.05, 4.69) is 29.1 Å². The van der Waals surface area contributed by atoms with Gasteiger partial charge in [0.2, 0.25) is 5.91 Å². The lowest BCUT2D eigenvalue weighted by Crippen LogP contribution is -2.18. The molecule has 0 spiro atoms. The standard InChI is InChI=1S/C39H40N4O6/c1-6-22-48-36-24(3)8-18-32(25(36)4)43-39(47)31-17-19-33(26(5)37(31)49-23-7-2)42-38(46)28-11-15-30(16-12-28)41-35(45)21-20-34(44)27-9-13-29(40)14-10-27/h6-19H,1-2,20-23,40H2,3-5H3,(H,41,45)(H,42,46)(H,43,47). The van der Waals surface area contributed by atoms with Crippen LogP contribution in [0.25, 0.3) is 0 Å². The molecule has 0 saturated heterocycles. The van der Waals surface area contributed by atoms with Gasteiger partial charge in [-0.3, -0.25) is 19.2 Å². The predicted molar refractivity (Wildman–Crippen MR) is 194 cm³/mol. The Balaban J connectivity index is 1.42. The lowest BCUT2D eigenvalue weighted by Gasteiger charge is -2.19. The molecule has 0 heterocycles. The van der Waals surface area contributed by atoms with Gasteiger partial charge >= 0.3 is 0 Å². The van der Waals surface area contributed by atoms with E-state index in [0.717, 1.165) is 11.1 Å². The number of hydrogen-bond donors (Lipinski definition) is 4. The summed E-state index contributed by atoms with van der Waals surface area (Å²) in [5.74, 6) is -0.303. The van der Waals surface area contributed by atoms with Crippen molar-refractivity contribution in [1.82, 2.24) is 0 Å². The van der Waals surface area contributed by atoms with Gasteiger partial charge in [-0.1, -0.05) is 31.4 Å². The van der Waals surface area contributed by atoms with E-state index in [1.165, 1.54) is 0 Å². The molecule has 4 rings (SSSR count). The molecule has 4 aromatic rings. The molecule has 0 aromatic heterocycles. The molecule has 4 aromatic carbocycles. The van der Waals surface area contributed by atoms with Gasteiger partial charge in [-0.25, -0.2) is 0 Å². The highest BCUT2D eigenvalue weighted by Gasteiger charge is 2.21. The van der Waals surface area contributed by atoms with Crippen LogP contribution in [-0.2, 0) is 4.79 Å². The smallest absolute Gasteiger partial charge is 0.259 e. The monoisotopic (exact) mass is 660 g/mol. The number of ketones is 1. The molecule has 0 bridgehead atoms. The largest absolute Gasteiger partial charge is 0.489 e. The number of rotatable bonds is 15. The number of nitrogens with one attached hydrogen (secondary N) is 3. The predicted octanol–water partition coefficient (Wildman–Crippen LogP) is 7.43. The molecule has 252 valence electrons. The Kier molecular flexibility index (Phi) is 12.1. The molecular weight excluding hydrogens is 620 g/mol. The van der Waals surface area contributed by atoms with Gasteiger partial charge < -0.3 is 31.2 Å². The van der Waals surface area contributed by atoms with Crippen molar-refractivity contribution in [3.8, 4) is 11.5 Å². The lowest BCUT2D eigenvalue weighted by atomic mass is 10.0. The van der Waals surface area contributed by atoms with Crippen LogP contribution in [0.5, 0.6) is 11.5 Å². The molecule has 3 amide bonds. The number of hydrogen-bond acceptors (Lipinski definition) is 7. The number of carbonyl (C=O) groups excluding carboxylic acids is 4. The van der Waals surface area contributed by atoms with Crippen LogP contribution in [0.15, 0.2) is 98.1 Å². The average Bonchev–Trinajstić information content (AvgIpc) is 3.09. The van der Waals surface area contributed by atoms with E-state index in [9.17, 15) is 19.2 Å². The Morgan fingerprint density at radius 1 is 0.653 bits per heavy atom. The maximum absolute atomic E-state index is 13.5. The van der Waals surface area contributed by atoms with Crippen molar-refractivity contribution in [1.29, 1.82) is 0 Å². The maximum Gasteiger partial charge on any atom is 0.259 e. The molecule has 0 aliphatic heterocycles. The average molecular weight is 661 g/mol. The zero-order valence-electron chi connectivity index (χ0n) is 27.9. The molecule has 0 atom stereocenters. The number of amides is 3. The van der Waals surface area contributed by atoms with Crippen molar-refractivity contribution >= 4 is 46.3 Å². The number of ether oxygens (including phenoxy) is 2. The van der Waals surface area contributed by atoms with Gasteiger partial charge in [0, 0.05) is 57.8 Å². The molecular formula is C39H40N4O6. The number of nitrogen functional groups attached to an aromatic ring is 1. The third-order valence-electron chi connectivity index (χ3n) is 7.68. The molecule has 0 aliphatic carbocycles. The van der Waals surface area contributed by atoms with E-state index in [4.69, 9.17) is 15.2 Å². The SMILES string of the molecule is C=CCOc1c(C)ccc(NC(=O)c2ccc(NC(=O)c3ccc(NC(=O)CCC(=O)c4ccc(N)cc4)cc3)c(C)c2OCC=C)c1C. The number of carbonyl (C=O) groups is 4. The van der Waals surface area contributed by atoms with Crippen molar-refractivity contribution in [2.45, 2.75) is 33.6 Å². The number of aryl methyl sites for hydroxylation is 1. The van der Waals surface area contributed by atoms with Crippen LogP contribution in [0, 0.1) is 20.8 Å². The minimum Gasteiger partial charge on any atom is -0.489 e. The fraction of sp³-hybridized carbons (Fsp3) is 0.179. The summed E-state index contributed by atoms with van der Waals surface area (Å²) >= 11 is 0. The minimum atomic E-state index is -0.399. The summed E-state index contributed by atoms with van der Waals surface area (Å²) in [5.41, 5.74) is 11.1. The van der Waals surface area contributed by atoms with Crippen LogP contribution in [0.3, 0.4) is 0 Å². The summed E-state index contributed by atoms with van der Waals surface area (Å²) in [4.78, 5) is 51.5. The van der Waals surface area contributed by atoms with Gasteiger partial charge in [0.05, 0.1) is 5.56 Å². The van der Waals surface area contributed by atoms with Gasteiger partial charge in [0.1, 0.15) is 24.7 Å². The number of anilines is 4. The quantitative estimate of drug-likeness (QED) is 0.0589. The summed E-state index contributed by atoms with van der Waals surface area (Å²) in [5, 5.41) is 8.58. The summed E-state index contributed by atoms with van der Waals surface area (Å²) in [6.07, 6.45) is 3.28. The Hall–Kier alpha value is -6.16. The van der Waals surface area contributed by atoms with Crippen LogP contribution >= 0.6 is 0 Å². The molecule has 0 radical (unpaired) electrons. The van der Waals surface area contributed by atoms with Gasteiger partial charge in [-0.15, -0.1) is 0 Å². The molecule has 49 heavy (non-hydrogen) atoms. The second-order valence-corrected chi connectivity index (χ2v) is 11.3. The molecule has 5 N–H and O–H groups in total. The maximum atomic E-state index is 13.5. The first kappa shape index (κ1) is 35.7. The van der Waals surface area contributed by atoms with Crippen LogP contribution < -0.4 is 31.2 Å². The molecule has 10 heteroatoms. The second-order valence-electron chi connectivity index (χ2n) is 11.3. The first-order valence-electron chi connectivity index (χ1n) is 15.6. The first-order chi connectivity index (χ1) is 23.5. The van der Waals surface area contributed by atoms with E-state index < -0.39 is 11.8 Å². The van der Waals surface area contributed by atoms with Gasteiger partial charge in [0.25, 0.3) is 11.8 Å². The Bertz CT molecular complexity index is 1880. The van der Waals surface area contributed by atoms with Crippen molar-refractivity contribution in [2.75, 3.05) is 34.9 Å². The minimum absolute atomic E-state index is 0.00477. The number of nitrogens with two attached hydrogens (primary N) is 1. The zero-order chi connectivity index (χ0) is 35.5. The highest BCUT2D eigenvalue weighted by atomic mass is 16.5. The zero-order valence-corrected chi connectivity index (χ0v) is 27.9. The summed E-state index contributed by atoms with van der Waals surface area (Å²) in [6.45, 7) is 13.4. The Morgan fingerprint density at radius 2 is 1.20 bits per heavy atom. The highest BCUT2D eigenvalue weighted by molar-refractivity contribution is 6.09. The topological polar surface area (TPSA) is 149 Å². The van der Waals surface area contributed by atoms with Crippen LogP contribution in [-0.4, -0.2) is 36.7 Å². The third-order valence-corrected chi connectivity index (χ3v) is 7.68. The van der Waals surface area contributed by atoms with Crippen molar-refractivity contribution in [3.63, 3.8) is 0 Å². The molecule has 0 fully saturated rings.